The number of ketones is 1. The Morgan fingerprint density at radius 1 is 1.24 bits per heavy atom. The molecule has 2 nitrogen and oxygen atoms in total. The molecule has 0 N–H and O–H groups in total. The summed E-state index contributed by atoms with van der Waals surface area (Å²) in [5.74, 6) is 0.154. The average molecular weight is 234 g/mol. The van der Waals surface area contributed by atoms with Gasteiger partial charge in [0.1, 0.15) is 6.10 Å². The third-order valence-corrected chi connectivity index (χ3v) is 2.96. The molecule has 0 fully saturated rings. The number of rotatable bonds is 6. The van der Waals surface area contributed by atoms with Crippen molar-refractivity contribution < 1.29 is 9.53 Å². The summed E-state index contributed by atoms with van der Waals surface area (Å²) in [6, 6.07) is 6.11. The second-order valence-corrected chi connectivity index (χ2v) is 4.41. The first-order valence-electron chi connectivity index (χ1n) is 6.31. The van der Waals surface area contributed by atoms with Gasteiger partial charge >= 0.3 is 0 Å². The molecule has 0 radical (unpaired) electrons. The SMILES string of the molecule is CCCOC(C(=O)CC)c1ccc(C)c(C)c1. The van der Waals surface area contributed by atoms with E-state index in [4.69, 9.17) is 4.74 Å². The number of ether oxygens (including phenoxy) is 1. The van der Waals surface area contributed by atoms with Gasteiger partial charge in [0, 0.05) is 13.0 Å². The molecule has 1 atom stereocenters. The lowest BCUT2D eigenvalue weighted by Crippen LogP contribution is -2.16. The van der Waals surface area contributed by atoms with Crippen LogP contribution in [0.4, 0.5) is 0 Å². The van der Waals surface area contributed by atoms with Crippen molar-refractivity contribution in [1.29, 1.82) is 0 Å². The highest BCUT2D eigenvalue weighted by Crippen LogP contribution is 2.22. The van der Waals surface area contributed by atoms with Gasteiger partial charge in [-0.25, -0.2) is 0 Å². The molecular formula is C15H22O2. The molecule has 0 saturated heterocycles. The maximum Gasteiger partial charge on any atom is 0.165 e. The molecule has 0 aliphatic rings. The third-order valence-electron chi connectivity index (χ3n) is 2.96. The van der Waals surface area contributed by atoms with Gasteiger partial charge in [-0.3, -0.25) is 4.79 Å². The minimum atomic E-state index is -0.390. The highest BCUT2D eigenvalue weighted by atomic mass is 16.5. The molecule has 0 heterocycles. The van der Waals surface area contributed by atoms with Gasteiger partial charge in [-0.1, -0.05) is 32.0 Å². The van der Waals surface area contributed by atoms with Gasteiger partial charge in [0.2, 0.25) is 0 Å². The first-order valence-corrected chi connectivity index (χ1v) is 6.31. The van der Waals surface area contributed by atoms with Crippen LogP contribution in [-0.2, 0) is 9.53 Å². The number of hydrogen-bond donors (Lipinski definition) is 0. The summed E-state index contributed by atoms with van der Waals surface area (Å²) in [6.45, 7) is 8.69. The smallest absolute Gasteiger partial charge is 0.165 e. The molecule has 1 aromatic rings. The lowest BCUT2D eigenvalue weighted by atomic mass is 9.99. The van der Waals surface area contributed by atoms with E-state index in [-0.39, 0.29) is 11.9 Å². The summed E-state index contributed by atoms with van der Waals surface area (Å²) in [5.41, 5.74) is 3.43. The van der Waals surface area contributed by atoms with Crippen molar-refractivity contribution in [3.63, 3.8) is 0 Å². The number of hydrogen-bond acceptors (Lipinski definition) is 2. The van der Waals surface area contributed by atoms with Gasteiger partial charge in [0.05, 0.1) is 0 Å². The van der Waals surface area contributed by atoms with Crippen molar-refractivity contribution in [2.24, 2.45) is 0 Å². The average Bonchev–Trinajstić information content (AvgIpc) is 2.33. The summed E-state index contributed by atoms with van der Waals surface area (Å²) >= 11 is 0. The maximum absolute atomic E-state index is 11.9. The van der Waals surface area contributed by atoms with E-state index in [0.29, 0.717) is 13.0 Å². The first-order chi connectivity index (χ1) is 8.10. The van der Waals surface area contributed by atoms with E-state index in [1.165, 1.54) is 11.1 Å². The van der Waals surface area contributed by atoms with Gasteiger partial charge in [0.15, 0.2) is 5.78 Å². The van der Waals surface area contributed by atoms with Crippen LogP contribution >= 0.6 is 0 Å². The molecular weight excluding hydrogens is 212 g/mol. The van der Waals surface area contributed by atoms with E-state index >= 15 is 0 Å². The van der Waals surface area contributed by atoms with E-state index < -0.39 is 0 Å². The van der Waals surface area contributed by atoms with E-state index in [2.05, 4.69) is 26.0 Å². The first kappa shape index (κ1) is 13.9. The Hall–Kier alpha value is -1.15. The minimum absolute atomic E-state index is 0.154. The van der Waals surface area contributed by atoms with Gasteiger partial charge < -0.3 is 4.74 Å². The highest BCUT2D eigenvalue weighted by molar-refractivity contribution is 5.84. The number of carbonyl (C=O) groups is 1. The Labute approximate surface area is 104 Å². The zero-order valence-corrected chi connectivity index (χ0v) is 11.2. The van der Waals surface area contributed by atoms with Crippen molar-refractivity contribution in [3.8, 4) is 0 Å². The maximum atomic E-state index is 11.9. The second-order valence-electron chi connectivity index (χ2n) is 4.41. The highest BCUT2D eigenvalue weighted by Gasteiger charge is 2.19. The molecule has 94 valence electrons. The van der Waals surface area contributed by atoms with Gasteiger partial charge in [-0.15, -0.1) is 0 Å². The normalized spacial score (nSPS) is 12.5. The van der Waals surface area contributed by atoms with E-state index in [1.54, 1.807) is 0 Å². The van der Waals surface area contributed by atoms with Crippen LogP contribution < -0.4 is 0 Å². The fourth-order valence-electron chi connectivity index (χ4n) is 1.72. The molecule has 0 bridgehead atoms. The van der Waals surface area contributed by atoms with E-state index in [0.717, 1.165) is 12.0 Å². The number of carbonyl (C=O) groups excluding carboxylic acids is 1. The van der Waals surface area contributed by atoms with Crippen LogP contribution in [0.15, 0.2) is 18.2 Å². The standard InChI is InChI=1S/C15H22O2/c1-5-9-17-15(14(16)6-2)13-8-7-11(3)12(4)10-13/h7-8,10,15H,5-6,9H2,1-4H3. The molecule has 0 spiro atoms. The fraction of sp³-hybridized carbons (Fsp3) is 0.533. The number of aryl methyl sites for hydroxylation is 2. The predicted molar refractivity (Wildman–Crippen MR) is 70.2 cm³/mol. The fourth-order valence-corrected chi connectivity index (χ4v) is 1.72. The summed E-state index contributed by atoms with van der Waals surface area (Å²) in [7, 11) is 0. The summed E-state index contributed by atoms with van der Waals surface area (Å²) < 4.78 is 5.68. The van der Waals surface area contributed by atoms with Crippen LogP contribution in [-0.4, -0.2) is 12.4 Å². The predicted octanol–water partition coefficient (Wildman–Crippen LogP) is 3.75. The Kier molecular flexibility index (Phi) is 5.36. The molecule has 0 aromatic heterocycles. The van der Waals surface area contributed by atoms with Crippen LogP contribution in [0, 0.1) is 13.8 Å². The Morgan fingerprint density at radius 2 is 1.94 bits per heavy atom. The second kappa shape index (κ2) is 6.55. The zero-order chi connectivity index (χ0) is 12.8. The molecule has 0 aliphatic heterocycles. The van der Waals surface area contributed by atoms with Crippen molar-refractivity contribution in [3.05, 3.63) is 34.9 Å². The molecule has 1 aromatic carbocycles. The van der Waals surface area contributed by atoms with Crippen molar-refractivity contribution in [2.75, 3.05) is 6.61 Å². The lowest BCUT2D eigenvalue weighted by molar-refractivity contribution is -0.130. The van der Waals surface area contributed by atoms with Crippen molar-refractivity contribution >= 4 is 5.78 Å². The van der Waals surface area contributed by atoms with Gasteiger partial charge in [-0.05, 0) is 37.0 Å². The van der Waals surface area contributed by atoms with Gasteiger partial charge in [0.25, 0.3) is 0 Å². The quantitative estimate of drug-likeness (QED) is 0.749. The van der Waals surface area contributed by atoms with Crippen LogP contribution in [0.5, 0.6) is 0 Å². The van der Waals surface area contributed by atoms with Crippen molar-refractivity contribution in [2.45, 2.75) is 46.6 Å². The van der Waals surface area contributed by atoms with E-state index in [1.807, 2.05) is 19.9 Å². The monoisotopic (exact) mass is 234 g/mol. The van der Waals surface area contributed by atoms with Crippen molar-refractivity contribution in [1.82, 2.24) is 0 Å². The topological polar surface area (TPSA) is 26.3 Å². The van der Waals surface area contributed by atoms with E-state index in [9.17, 15) is 4.79 Å². The molecule has 17 heavy (non-hydrogen) atoms. The molecule has 0 saturated carbocycles. The Bertz CT molecular complexity index is 383. The van der Waals surface area contributed by atoms with Crippen LogP contribution in [0.1, 0.15) is 49.5 Å². The molecule has 1 rings (SSSR count). The van der Waals surface area contributed by atoms with Crippen LogP contribution in [0.2, 0.25) is 0 Å². The lowest BCUT2D eigenvalue weighted by Gasteiger charge is -2.17. The Balaban J connectivity index is 2.95. The zero-order valence-electron chi connectivity index (χ0n) is 11.2. The number of benzene rings is 1. The summed E-state index contributed by atoms with van der Waals surface area (Å²) in [6.07, 6.45) is 1.05. The summed E-state index contributed by atoms with van der Waals surface area (Å²) in [5, 5.41) is 0. The summed E-state index contributed by atoms with van der Waals surface area (Å²) in [4.78, 5) is 11.9. The molecule has 0 amide bonds. The third kappa shape index (κ3) is 3.67. The number of Topliss-reactive ketones (excluding diaryl/α,β-unsaturated/α-hetero) is 1. The van der Waals surface area contributed by atoms with Crippen LogP contribution in [0.3, 0.4) is 0 Å². The molecule has 1 unspecified atom stereocenters. The van der Waals surface area contributed by atoms with Gasteiger partial charge in [-0.2, -0.15) is 0 Å². The molecule has 0 aliphatic carbocycles. The largest absolute Gasteiger partial charge is 0.366 e. The molecule has 2 heteroatoms. The van der Waals surface area contributed by atoms with Crippen LogP contribution in [0.25, 0.3) is 0 Å². The Morgan fingerprint density at radius 3 is 2.47 bits per heavy atom. The minimum Gasteiger partial charge on any atom is -0.366 e.